The van der Waals surface area contributed by atoms with E-state index in [2.05, 4.69) is 35.1 Å². The number of aryl methyl sites for hydroxylation is 2. The van der Waals surface area contributed by atoms with Crippen LogP contribution in [0.5, 0.6) is 0 Å². The van der Waals surface area contributed by atoms with Crippen LogP contribution in [-0.2, 0) is 16.6 Å². The molecule has 0 radical (unpaired) electrons. The van der Waals surface area contributed by atoms with Crippen molar-refractivity contribution in [3.63, 3.8) is 0 Å². The van der Waals surface area contributed by atoms with Gasteiger partial charge in [-0.25, -0.2) is 15.0 Å². The number of thiazole rings is 1. The fourth-order valence-electron chi connectivity index (χ4n) is 7.06. The molecular formula is C32H35N11O2S. The quantitative estimate of drug-likeness (QED) is 0.296. The molecule has 14 heteroatoms. The number of rotatable bonds is 6. The summed E-state index contributed by atoms with van der Waals surface area (Å²) in [6, 6.07) is 7.75. The minimum atomic E-state index is -0.477. The molecule has 3 aliphatic heterocycles. The Kier molecular flexibility index (Phi) is 7.13. The maximum absolute atomic E-state index is 13.9. The molecule has 3 saturated heterocycles. The maximum atomic E-state index is 13.9. The Morgan fingerprint density at radius 1 is 1.04 bits per heavy atom. The fraction of sp³-hybridized carbons (Fsp3) is 0.438. The second-order valence-electron chi connectivity index (χ2n) is 12.7. The summed E-state index contributed by atoms with van der Waals surface area (Å²) < 4.78 is 1.69. The number of pyridine rings is 2. The van der Waals surface area contributed by atoms with Crippen molar-refractivity contribution in [2.24, 2.45) is 12.5 Å². The Morgan fingerprint density at radius 2 is 1.89 bits per heavy atom. The lowest BCUT2D eigenvalue weighted by Gasteiger charge is -2.32. The van der Waals surface area contributed by atoms with Gasteiger partial charge in [0.2, 0.25) is 11.8 Å². The summed E-state index contributed by atoms with van der Waals surface area (Å²) in [5.41, 5.74) is 3.59. The van der Waals surface area contributed by atoms with Crippen LogP contribution in [0.25, 0.3) is 33.0 Å². The highest BCUT2D eigenvalue weighted by Gasteiger charge is 2.51. The first-order valence-corrected chi connectivity index (χ1v) is 16.6. The van der Waals surface area contributed by atoms with Crippen molar-refractivity contribution < 1.29 is 9.59 Å². The van der Waals surface area contributed by atoms with Gasteiger partial charge in [0.25, 0.3) is 0 Å². The van der Waals surface area contributed by atoms with Gasteiger partial charge >= 0.3 is 0 Å². The first-order chi connectivity index (χ1) is 22.3. The molecule has 8 rings (SSSR count). The van der Waals surface area contributed by atoms with E-state index in [4.69, 9.17) is 4.98 Å². The zero-order valence-electron chi connectivity index (χ0n) is 25.9. The second-order valence-corrected chi connectivity index (χ2v) is 13.8. The number of fused-ring (bicyclic) bond motifs is 1. The average molecular weight is 638 g/mol. The van der Waals surface area contributed by atoms with Gasteiger partial charge in [-0.05, 0) is 63.4 Å². The summed E-state index contributed by atoms with van der Waals surface area (Å²) in [6.07, 6.45) is 8.63. The monoisotopic (exact) mass is 637 g/mol. The van der Waals surface area contributed by atoms with Gasteiger partial charge in [0, 0.05) is 62.8 Å². The molecule has 13 nitrogen and oxygen atoms in total. The Bertz CT molecular complexity index is 1920. The number of amides is 2. The summed E-state index contributed by atoms with van der Waals surface area (Å²) in [7, 11) is 1.86. The van der Waals surface area contributed by atoms with Gasteiger partial charge in [-0.2, -0.15) is 10.2 Å². The molecule has 0 saturated carbocycles. The molecule has 0 unspecified atom stereocenters. The largest absolute Gasteiger partial charge is 0.342 e. The number of carbonyl (C=O) groups is 2. The molecule has 3 fully saturated rings. The van der Waals surface area contributed by atoms with E-state index < -0.39 is 5.41 Å². The third kappa shape index (κ3) is 5.14. The van der Waals surface area contributed by atoms with Crippen LogP contribution in [0.1, 0.15) is 42.3 Å². The lowest BCUT2D eigenvalue weighted by molar-refractivity contribution is -0.133. The molecule has 46 heavy (non-hydrogen) atoms. The standard InChI is InChI=1S/C32H35N11O2S/c1-20-3-4-22(15-33-20)27-28-23(37-38-27)5-6-25(36-28)43-14-10-32(31(43)45)9-13-41(18-32)17-26(44)42-11-7-21(8-12-42)30-34-16-24(46-30)29-35-19-40(2)39-29/h3-6,15-16,19,21H,7-14,17-18H2,1-2H3,(H,37,38)/t32-/m0/s1. The molecule has 236 valence electrons. The maximum Gasteiger partial charge on any atom is 0.236 e. The predicted molar refractivity (Wildman–Crippen MR) is 173 cm³/mol. The van der Waals surface area contributed by atoms with Crippen molar-refractivity contribution in [2.75, 3.05) is 44.2 Å². The molecule has 5 aromatic heterocycles. The number of aromatic amines is 1. The van der Waals surface area contributed by atoms with E-state index >= 15 is 0 Å². The van der Waals surface area contributed by atoms with E-state index in [1.165, 1.54) is 0 Å². The van der Waals surface area contributed by atoms with Gasteiger partial charge < -0.3 is 4.90 Å². The van der Waals surface area contributed by atoms with Crippen molar-refractivity contribution in [1.82, 2.24) is 49.7 Å². The normalized spacial score (nSPS) is 21.0. The smallest absolute Gasteiger partial charge is 0.236 e. The zero-order valence-corrected chi connectivity index (χ0v) is 26.7. The van der Waals surface area contributed by atoms with Crippen LogP contribution in [0.4, 0.5) is 5.82 Å². The molecule has 0 aliphatic carbocycles. The highest BCUT2D eigenvalue weighted by Crippen LogP contribution is 2.42. The van der Waals surface area contributed by atoms with E-state index in [1.54, 1.807) is 28.5 Å². The van der Waals surface area contributed by atoms with Crippen LogP contribution in [0.3, 0.4) is 0 Å². The average Bonchev–Trinajstić information content (AvgIpc) is 3.91. The Labute approximate surface area is 269 Å². The second kappa shape index (κ2) is 11.4. The summed E-state index contributed by atoms with van der Waals surface area (Å²) in [4.78, 5) is 52.5. The van der Waals surface area contributed by atoms with Crippen molar-refractivity contribution >= 4 is 40.0 Å². The lowest BCUT2D eigenvalue weighted by Crippen LogP contribution is -2.44. The van der Waals surface area contributed by atoms with E-state index in [9.17, 15) is 9.59 Å². The molecule has 1 N–H and O–H groups in total. The van der Waals surface area contributed by atoms with E-state index in [0.29, 0.717) is 37.2 Å². The van der Waals surface area contributed by atoms with Gasteiger partial charge in [0.15, 0.2) is 5.82 Å². The highest BCUT2D eigenvalue weighted by atomic mass is 32.1. The SMILES string of the molecule is Cc1ccc(-c2n[nH]c3ccc(N4CC[C@]5(CCN(CC(=O)N6CCC(c7ncc(-c8ncn(C)n8)s7)CC6)C5)C4=O)nc23)cn1. The van der Waals surface area contributed by atoms with Crippen molar-refractivity contribution in [3.8, 4) is 22.0 Å². The van der Waals surface area contributed by atoms with Crippen LogP contribution < -0.4 is 4.90 Å². The van der Waals surface area contributed by atoms with Crippen molar-refractivity contribution in [2.45, 2.75) is 38.5 Å². The van der Waals surface area contributed by atoms with Crippen molar-refractivity contribution in [3.05, 3.63) is 53.7 Å². The van der Waals surface area contributed by atoms with Gasteiger partial charge in [-0.15, -0.1) is 11.3 Å². The highest BCUT2D eigenvalue weighted by molar-refractivity contribution is 7.15. The number of aromatic nitrogens is 8. The summed E-state index contributed by atoms with van der Waals surface area (Å²) >= 11 is 1.64. The third-order valence-corrected chi connectivity index (χ3v) is 10.9. The van der Waals surface area contributed by atoms with E-state index in [-0.39, 0.29) is 11.8 Å². The van der Waals surface area contributed by atoms with Gasteiger partial charge in [-0.1, -0.05) is 0 Å². The molecule has 5 aromatic rings. The molecular weight excluding hydrogens is 602 g/mol. The number of hydrogen-bond acceptors (Lipinski definition) is 10. The number of anilines is 1. The topological polar surface area (TPSA) is 142 Å². The van der Waals surface area contributed by atoms with Crippen LogP contribution in [0.2, 0.25) is 0 Å². The first-order valence-electron chi connectivity index (χ1n) is 15.8. The number of likely N-dealkylation sites (tertiary alicyclic amines) is 2. The molecule has 1 spiro atoms. The molecule has 3 aliphatic rings. The number of H-pyrrole nitrogens is 1. The molecule has 1 atom stereocenters. The van der Waals surface area contributed by atoms with Crippen LogP contribution in [0.15, 0.2) is 43.0 Å². The predicted octanol–water partition coefficient (Wildman–Crippen LogP) is 3.42. The summed E-state index contributed by atoms with van der Waals surface area (Å²) in [6.45, 7) is 5.68. The molecule has 8 heterocycles. The first kappa shape index (κ1) is 28.9. The number of hydrogen-bond donors (Lipinski definition) is 1. The van der Waals surface area contributed by atoms with Crippen molar-refractivity contribution in [1.29, 1.82) is 0 Å². The summed E-state index contributed by atoms with van der Waals surface area (Å²) in [5, 5.41) is 13.0. The van der Waals surface area contributed by atoms with E-state index in [1.807, 2.05) is 54.2 Å². The minimum absolute atomic E-state index is 0.0980. The number of nitrogens with one attached hydrogen (secondary N) is 1. The fourth-order valence-corrected chi connectivity index (χ4v) is 8.08. The number of carbonyl (C=O) groups excluding carboxylic acids is 2. The Hall–Kier alpha value is -4.56. The third-order valence-electron chi connectivity index (χ3n) is 9.70. The molecule has 0 aromatic carbocycles. The molecule has 0 bridgehead atoms. The lowest BCUT2D eigenvalue weighted by atomic mass is 9.85. The van der Waals surface area contributed by atoms with Crippen LogP contribution >= 0.6 is 11.3 Å². The van der Waals surface area contributed by atoms with E-state index in [0.717, 1.165) is 83.2 Å². The Balaban J connectivity index is 0.883. The molecule has 2 amide bonds. The zero-order chi connectivity index (χ0) is 31.4. The minimum Gasteiger partial charge on any atom is -0.342 e. The van der Waals surface area contributed by atoms with Gasteiger partial charge in [0.05, 0.1) is 27.4 Å². The van der Waals surface area contributed by atoms with Crippen LogP contribution in [-0.4, -0.2) is 101 Å². The van der Waals surface area contributed by atoms with Crippen LogP contribution in [0, 0.1) is 12.3 Å². The Morgan fingerprint density at radius 3 is 2.67 bits per heavy atom. The van der Waals surface area contributed by atoms with Gasteiger partial charge in [0.1, 0.15) is 23.4 Å². The van der Waals surface area contributed by atoms with Gasteiger partial charge in [-0.3, -0.25) is 34.2 Å². The summed E-state index contributed by atoms with van der Waals surface area (Å²) in [5.74, 6) is 1.91. The number of piperidine rings is 1. The number of nitrogens with zero attached hydrogens (tertiary/aromatic N) is 10.